The minimum Gasteiger partial charge on any atom is -0.491 e. The number of hydrogen-bond acceptors (Lipinski definition) is 3. The maximum Gasteiger partial charge on any atom is 0.224 e. The van der Waals surface area contributed by atoms with Crippen LogP contribution < -0.4 is 9.64 Å². The Morgan fingerprint density at radius 3 is 2.45 bits per heavy atom. The molecule has 0 N–H and O–H groups in total. The molecule has 5 nitrogen and oxygen atoms in total. The lowest BCUT2D eigenvalue weighted by molar-refractivity contribution is -0.131. The summed E-state index contributed by atoms with van der Waals surface area (Å²) < 4.78 is 5.92. The average molecular weight is 443 g/mol. The number of carbonyl (C=O) groups is 2. The summed E-state index contributed by atoms with van der Waals surface area (Å²) in [6.45, 7) is 5.64. The number of rotatable bonds is 6. The maximum atomic E-state index is 12.9. The quantitative estimate of drug-likeness (QED) is 0.546. The van der Waals surface area contributed by atoms with Crippen LogP contribution in [0, 0.1) is 6.92 Å². The molecule has 170 valence electrons. The molecular formula is C28H30N2O3. The predicted molar refractivity (Wildman–Crippen MR) is 130 cm³/mol. The topological polar surface area (TPSA) is 49.9 Å². The molecule has 1 aliphatic rings. The third kappa shape index (κ3) is 5.80. The van der Waals surface area contributed by atoms with Crippen LogP contribution in [0.1, 0.15) is 35.6 Å². The van der Waals surface area contributed by atoms with Gasteiger partial charge in [0.2, 0.25) is 11.8 Å². The van der Waals surface area contributed by atoms with Crippen molar-refractivity contribution in [2.45, 2.75) is 39.8 Å². The van der Waals surface area contributed by atoms with Gasteiger partial charge in [0.15, 0.2) is 0 Å². The number of benzene rings is 3. The Labute approximate surface area is 195 Å². The molecule has 0 fully saturated rings. The number of ether oxygens (including phenoxy) is 1. The van der Waals surface area contributed by atoms with Crippen molar-refractivity contribution in [3.63, 3.8) is 0 Å². The lowest BCUT2D eigenvalue weighted by atomic mass is 10.1. The molecule has 4 rings (SSSR count). The van der Waals surface area contributed by atoms with Gasteiger partial charge in [0.05, 0.1) is 13.1 Å². The van der Waals surface area contributed by atoms with E-state index in [1.54, 1.807) is 11.8 Å². The number of anilines is 1. The summed E-state index contributed by atoms with van der Waals surface area (Å²) in [4.78, 5) is 28.9. The molecule has 2 amide bonds. The molecule has 0 aliphatic carbocycles. The van der Waals surface area contributed by atoms with E-state index in [2.05, 4.69) is 18.2 Å². The van der Waals surface area contributed by atoms with Crippen LogP contribution in [-0.4, -0.2) is 29.9 Å². The highest BCUT2D eigenvalue weighted by atomic mass is 16.5. The van der Waals surface area contributed by atoms with Crippen molar-refractivity contribution in [3.8, 4) is 5.75 Å². The van der Waals surface area contributed by atoms with Crippen LogP contribution in [0.15, 0.2) is 72.8 Å². The lowest BCUT2D eigenvalue weighted by Gasteiger charge is -2.23. The Morgan fingerprint density at radius 1 is 0.970 bits per heavy atom. The number of fused-ring (bicyclic) bond motifs is 1. The minimum atomic E-state index is -0.0113. The van der Waals surface area contributed by atoms with Gasteiger partial charge in [-0.15, -0.1) is 0 Å². The Hall–Kier alpha value is -3.60. The Kier molecular flexibility index (Phi) is 7.08. The number of carbonyl (C=O) groups excluding carboxylic acids is 2. The van der Waals surface area contributed by atoms with Crippen molar-refractivity contribution in [1.29, 1.82) is 0 Å². The first-order valence-corrected chi connectivity index (χ1v) is 11.4. The molecule has 0 bridgehead atoms. The summed E-state index contributed by atoms with van der Waals surface area (Å²) in [5.74, 6) is 0.926. The van der Waals surface area contributed by atoms with Gasteiger partial charge >= 0.3 is 0 Å². The van der Waals surface area contributed by atoms with Gasteiger partial charge in [-0.1, -0.05) is 54.1 Å². The van der Waals surface area contributed by atoms with E-state index in [9.17, 15) is 9.59 Å². The van der Waals surface area contributed by atoms with E-state index < -0.39 is 0 Å². The third-order valence-corrected chi connectivity index (χ3v) is 5.99. The summed E-state index contributed by atoms with van der Waals surface area (Å²) in [7, 11) is 0. The first-order valence-electron chi connectivity index (χ1n) is 11.4. The van der Waals surface area contributed by atoms with Gasteiger partial charge in [-0.3, -0.25) is 9.59 Å². The molecule has 0 saturated carbocycles. The van der Waals surface area contributed by atoms with Gasteiger partial charge < -0.3 is 14.5 Å². The molecular weight excluding hydrogens is 412 g/mol. The number of hydrogen-bond donors (Lipinski definition) is 0. The number of amides is 2. The van der Waals surface area contributed by atoms with Gasteiger partial charge in [0, 0.05) is 31.1 Å². The molecule has 0 radical (unpaired) electrons. The third-order valence-electron chi connectivity index (χ3n) is 5.99. The van der Waals surface area contributed by atoms with Crippen LogP contribution in [0.3, 0.4) is 0 Å². The first kappa shape index (κ1) is 22.6. The molecule has 1 heterocycles. The summed E-state index contributed by atoms with van der Waals surface area (Å²) in [6.07, 6.45) is 1.21. The molecule has 0 aromatic heterocycles. The highest BCUT2D eigenvalue weighted by Gasteiger charge is 2.21. The molecule has 1 aliphatic heterocycles. The van der Waals surface area contributed by atoms with Crippen LogP contribution in [-0.2, 0) is 29.1 Å². The fourth-order valence-corrected chi connectivity index (χ4v) is 4.10. The SMILES string of the molecule is CC(=O)N(Cc1ccc2c(c1)CN(C(=O)CCc1ccccc1)CCO2)c1ccc(C)cc1. The zero-order valence-electron chi connectivity index (χ0n) is 19.3. The van der Waals surface area contributed by atoms with Crippen LogP contribution in [0.5, 0.6) is 5.75 Å². The van der Waals surface area contributed by atoms with E-state index >= 15 is 0 Å². The van der Waals surface area contributed by atoms with Gasteiger partial charge in [0.1, 0.15) is 12.4 Å². The van der Waals surface area contributed by atoms with Crippen LogP contribution >= 0.6 is 0 Å². The van der Waals surface area contributed by atoms with Crippen LogP contribution in [0.4, 0.5) is 5.69 Å². The van der Waals surface area contributed by atoms with Crippen molar-refractivity contribution in [2.24, 2.45) is 0 Å². The molecule has 0 spiro atoms. The first-order chi connectivity index (χ1) is 16.0. The number of aryl methyl sites for hydroxylation is 2. The average Bonchev–Trinajstić information content (AvgIpc) is 3.04. The molecule has 33 heavy (non-hydrogen) atoms. The Bertz CT molecular complexity index is 1110. The summed E-state index contributed by atoms with van der Waals surface area (Å²) >= 11 is 0. The van der Waals surface area contributed by atoms with Crippen molar-refractivity contribution >= 4 is 17.5 Å². The second-order valence-electron chi connectivity index (χ2n) is 8.53. The van der Waals surface area contributed by atoms with E-state index in [0.717, 1.165) is 34.5 Å². The smallest absolute Gasteiger partial charge is 0.224 e. The van der Waals surface area contributed by atoms with Crippen LogP contribution in [0.2, 0.25) is 0 Å². The predicted octanol–water partition coefficient (Wildman–Crippen LogP) is 4.90. The minimum absolute atomic E-state index is 0.0113. The highest BCUT2D eigenvalue weighted by Crippen LogP contribution is 2.27. The largest absolute Gasteiger partial charge is 0.491 e. The zero-order valence-corrected chi connectivity index (χ0v) is 19.3. The molecule has 5 heteroatoms. The highest BCUT2D eigenvalue weighted by molar-refractivity contribution is 5.91. The maximum absolute atomic E-state index is 12.9. The standard InChI is InChI=1S/C28H30N2O3/c1-21-8-12-26(13-9-21)30(22(2)31)19-24-10-14-27-25(18-24)20-29(16-17-33-27)28(32)15-11-23-6-4-3-5-7-23/h3-10,12-14,18H,11,15-17,19-20H2,1-2H3. The van der Waals surface area contributed by atoms with E-state index in [1.165, 1.54) is 5.56 Å². The second kappa shape index (κ2) is 10.3. The van der Waals surface area contributed by atoms with E-state index in [0.29, 0.717) is 32.7 Å². The van der Waals surface area contributed by atoms with E-state index in [4.69, 9.17) is 4.74 Å². The van der Waals surface area contributed by atoms with E-state index in [1.807, 2.05) is 66.4 Å². The normalized spacial score (nSPS) is 13.0. The monoisotopic (exact) mass is 442 g/mol. The Morgan fingerprint density at radius 2 is 1.73 bits per heavy atom. The van der Waals surface area contributed by atoms with Crippen molar-refractivity contribution in [2.75, 3.05) is 18.1 Å². The summed E-state index contributed by atoms with van der Waals surface area (Å²) in [5.41, 5.74) is 5.18. The molecule has 3 aromatic rings. The van der Waals surface area contributed by atoms with Gasteiger partial charge in [0.25, 0.3) is 0 Å². The summed E-state index contributed by atoms with van der Waals surface area (Å²) in [6, 6.07) is 24.0. The summed E-state index contributed by atoms with van der Waals surface area (Å²) in [5, 5.41) is 0. The fraction of sp³-hybridized carbons (Fsp3) is 0.286. The van der Waals surface area contributed by atoms with Crippen molar-refractivity contribution in [1.82, 2.24) is 4.90 Å². The van der Waals surface area contributed by atoms with Gasteiger partial charge in [-0.25, -0.2) is 0 Å². The molecule has 3 aromatic carbocycles. The second-order valence-corrected chi connectivity index (χ2v) is 8.53. The molecule has 0 saturated heterocycles. The van der Waals surface area contributed by atoms with Crippen LogP contribution in [0.25, 0.3) is 0 Å². The Balaban J connectivity index is 1.47. The lowest BCUT2D eigenvalue weighted by Crippen LogP contribution is -2.32. The van der Waals surface area contributed by atoms with Crippen molar-refractivity contribution in [3.05, 3.63) is 95.1 Å². The molecule has 0 atom stereocenters. The van der Waals surface area contributed by atoms with Gasteiger partial charge in [-0.05, 0) is 48.7 Å². The number of nitrogens with zero attached hydrogens (tertiary/aromatic N) is 2. The zero-order chi connectivity index (χ0) is 23.2. The fourth-order valence-electron chi connectivity index (χ4n) is 4.10. The van der Waals surface area contributed by atoms with Crippen molar-refractivity contribution < 1.29 is 14.3 Å². The molecule has 0 unspecified atom stereocenters. The van der Waals surface area contributed by atoms with Gasteiger partial charge in [-0.2, -0.15) is 0 Å². The van der Waals surface area contributed by atoms with E-state index in [-0.39, 0.29) is 11.8 Å².